The Bertz CT molecular complexity index is 280. The molecule has 2 unspecified atom stereocenters. The monoisotopic (exact) mass is 162 g/mol. The van der Waals surface area contributed by atoms with E-state index in [0.29, 0.717) is 5.92 Å². The average Bonchev–Trinajstić information content (AvgIpc) is 2.12. The van der Waals surface area contributed by atoms with Crippen LogP contribution in [-0.2, 0) is 6.42 Å². The lowest BCUT2D eigenvalue weighted by Crippen LogP contribution is -2.22. The van der Waals surface area contributed by atoms with Gasteiger partial charge in [0.15, 0.2) is 0 Å². The molecule has 64 valence electrons. The van der Waals surface area contributed by atoms with Crippen molar-refractivity contribution in [1.82, 2.24) is 0 Å². The molecule has 0 amide bonds. The van der Waals surface area contributed by atoms with Crippen LogP contribution in [0.15, 0.2) is 24.3 Å². The molecule has 0 aliphatic heterocycles. The highest BCUT2D eigenvalue weighted by Gasteiger charge is 2.23. The largest absolute Gasteiger partial charge is 0.392 e. The maximum atomic E-state index is 9.62. The summed E-state index contributed by atoms with van der Waals surface area (Å²) in [6.07, 6.45) is 1.81. The first-order valence-electron chi connectivity index (χ1n) is 4.55. The highest BCUT2D eigenvalue weighted by Crippen LogP contribution is 2.30. The molecule has 2 atom stereocenters. The Balaban J connectivity index is 2.42. The molecule has 0 saturated heterocycles. The first kappa shape index (κ1) is 7.81. The smallest absolute Gasteiger partial charge is 0.0609 e. The third-order valence-electron chi connectivity index (χ3n) is 2.83. The minimum absolute atomic E-state index is 0.139. The zero-order valence-electron chi connectivity index (χ0n) is 7.33. The summed E-state index contributed by atoms with van der Waals surface area (Å²) in [5, 5.41) is 9.62. The molecule has 0 radical (unpaired) electrons. The lowest BCUT2D eigenvalue weighted by molar-refractivity contribution is 0.132. The Hall–Kier alpha value is -0.820. The van der Waals surface area contributed by atoms with E-state index in [1.807, 2.05) is 6.07 Å². The quantitative estimate of drug-likeness (QED) is 0.619. The summed E-state index contributed by atoms with van der Waals surface area (Å²) in [6, 6.07) is 8.41. The van der Waals surface area contributed by atoms with Gasteiger partial charge in [-0.15, -0.1) is 0 Å². The van der Waals surface area contributed by atoms with Crippen molar-refractivity contribution in [3.8, 4) is 0 Å². The Morgan fingerprint density at radius 3 is 2.92 bits per heavy atom. The second-order valence-corrected chi connectivity index (χ2v) is 3.59. The fourth-order valence-electron chi connectivity index (χ4n) is 1.97. The summed E-state index contributed by atoms with van der Waals surface area (Å²) in [5.74, 6) is 0.315. The van der Waals surface area contributed by atoms with Gasteiger partial charge >= 0.3 is 0 Å². The molecule has 0 heterocycles. The molecule has 2 rings (SSSR count). The van der Waals surface area contributed by atoms with Crippen molar-refractivity contribution in [3.63, 3.8) is 0 Å². The van der Waals surface area contributed by atoms with Crippen LogP contribution in [0.5, 0.6) is 0 Å². The SMILES string of the molecule is CC1c2ccccc2CCC1O. The number of aryl methyl sites for hydroxylation is 1. The molecule has 1 aliphatic carbocycles. The van der Waals surface area contributed by atoms with E-state index in [-0.39, 0.29) is 6.10 Å². The van der Waals surface area contributed by atoms with E-state index in [4.69, 9.17) is 0 Å². The van der Waals surface area contributed by atoms with Crippen LogP contribution in [0.4, 0.5) is 0 Å². The van der Waals surface area contributed by atoms with Crippen LogP contribution in [0.25, 0.3) is 0 Å². The van der Waals surface area contributed by atoms with Crippen molar-refractivity contribution >= 4 is 0 Å². The first-order valence-corrected chi connectivity index (χ1v) is 4.55. The molecule has 0 bridgehead atoms. The van der Waals surface area contributed by atoms with Crippen LogP contribution in [0.3, 0.4) is 0 Å². The van der Waals surface area contributed by atoms with E-state index in [2.05, 4.69) is 25.1 Å². The van der Waals surface area contributed by atoms with Gasteiger partial charge in [-0.3, -0.25) is 0 Å². The van der Waals surface area contributed by atoms with Gasteiger partial charge in [-0.25, -0.2) is 0 Å². The summed E-state index contributed by atoms with van der Waals surface area (Å²) in [7, 11) is 0. The lowest BCUT2D eigenvalue weighted by Gasteiger charge is -2.27. The molecule has 0 spiro atoms. The molecule has 12 heavy (non-hydrogen) atoms. The second-order valence-electron chi connectivity index (χ2n) is 3.59. The molecule has 0 saturated carbocycles. The third-order valence-corrected chi connectivity index (χ3v) is 2.83. The molecule has 1 heteroatoms. The van der Waals surface area contributed by atoms with Crippen LogP contribution in [-0.4, -0.2) is 11.2 Å². The van der Waals surface area contributed by atoms with Gasteiger partial charge in [0.1, 0.15) is 0 Å². The van der Waals surface area contributed by atoms with Crippen molar-refractivity contribution in [2.75, 3.05) is 0 Å². The van der Waals surface area contributed by atoms with Crippen LogP contribution in [0.2, 0.25) is 0 Å². The topological polar surface area (TPSA) is 20.2 Å². The van der Waals surface area contributed by atoms with Gasteiger partial charge in [0.2, 0.25) is 0 Å². The average molecular weight is 162 g/mol. The van der Waals surface area contributed by atoms with Gasteiger partial charge in [0.05, 0.1) is 6.10 Å². The summed E-state index contributed by atoms with van der Waals surface area (Å²) in [5.41, 5.74) is 2.74. The van der Waals surface area contributed by atoms with Crippen molar-refractivity contribution < 1.29 is 5.11 Å². The lowest BCUT2D eigenvalue weighted by atomic mass is 9.82. The Labute approximate surface area is 73.0 Å². The fraction of sp³-hybridized carbons (Fsp3) is 0.455. The van der Waals surface area contributed by atoms with E-state index in [1.54, 1.807) is 0 Å². The van der Waals surface area contributed by atoms with Crippen molar-refractivity contribution in [2.24, 2.45) is 0 Å². The molecule has 0 fully saturated rings. The first-order chi connectivity index (χ1) is 5.79. The highest BCUT2D eigenvalue weighted by atomic mass is 16.3. The summed E-state index contributed by atoms with van der Waals surface area (Å²) < 4.78 is 0. The molecule has 0 aromatic heterocycles. The zero-order chi connectivity index (χ0) is 8.55. The second kappa shape index (κ2) is 2.91. The van der Waals surface area contributed by atoms with Crippen LogP contribution >= 0.6 is 0 Å². The van der Waals surface area contributed by atoms with E-state index < -0.39 is 0 Å². The number of aliphatic hydroxyl groups is 1. The van der Waals surface area contributed by atoms with Gasteiger partial charge in [0, 0.05) is 5.92 Å². The number of fused-ring (bicyclic) bond motifs is 1. The highest BCUT2D eigenvalue weighted by molar-refractivity contribution is 5.33. The number of rotatable bonds is 0. The summed E-state index contributed by atoms with van der Waals surface area (Å²) >= 11 is 0. The third kappa shape index (κ3) is 1.14. The molecule has 1 aromatic rings. The van der Waals surface area contributed by atoms with Crippen LogP contribution < -0.4 is 0 Å². The Morgan fingerprint density at radius 2 is 2.08 bits per heavy atom. The predicted molar refractivity (Wildman–Crippen MR) is 49.2 cm³/mol. The minimum atomic E-state index is -0.139. The number of hydrogen-bond donors (Lipinski definition) is 1. The van der Waals surface area contributed by atoms with Crippen molar-refractivity contribution in [3.05, 3.63) is 35.4 Å². The maximum Gasteiger partial charge on any atom is 0.0609 e. The van der Waals surface area contributed by atoms with Gasteiger partial charge < -0.3 is 5.11 Å². The Morgan fingerprint density at radius 1 is 1.33 bits per heavy atom. The summed E-state index contributed by atoms with van der Waals surface area (Å²) in [4.78, 5) is 0. The zero-order valence-corrected chi connectivity index (χ0v) is 7.33. The number of benzene rings is 1. The van der Waals surface area contributed by atoms with E-state index in [0.717, 1.165) is 12.8 Å². The normalized spacial score (nSPS) is 28.2. The van der Waals surface area contributed by atoms with E-state index in [9.17, 15) is 5.11 Å². The molecular weight excluding hydrogens is 148 g/mol. The molecule has 1 aliphatic rings. The van der Waals surface area contributed by atoms with Gasteiger partial charge in [0.25, 0.3) is 0 Å². The molecule has 1 N–H and O–H groups in total. The van der Waals surface area contributed by atoms with Gasteiger partial charge in [-0.05, 0) is 24.0 Å². The molecular formula is C11H14O. The van der Waals surface area contributed by atoms with E-state index >= 15 is 0 Å². The number of hydrogen-bond acceptors (Lipinski definition) is 1. The van der Waals surface area contributed by atoms with Crippen molar-refractivity contribution in [1.29, 1.82) is 0 Å². The van der Waals surface area contributed by atoms with E-state index in [1.165, 1.54) is 11.1 Å². The van der Waals surface area contributed by atoms with Crippen LogP contribution in [0.1, 0.15) is 30.4 Å². The van der Waals surface area contributed by atoms with Crippen LogP contribution in [0, 0.1) is 0 Å². The van der Waals surface area contributed by atoms with Crippen molar-refractivity contribution in [2.45, 2.75) is 31.8 Å². The predicted octanol–water partition coefficient (Wildman–Crippen LogP) is 2.10. The molecule has 1 aromatic carbocycles. The fourth-order valence-corrected chi connectivity index (χ4v) is 1.97. The molecule has 1 nitrogen and oxygen atoms in total. The minimum Gasteiger partial charge on any atom is -0.392 e. The summed E-state index contributed by atoms with van der Waals surface area (Å²) in [6.45, 7) is 2.10. The number of aliphatic hydroxyl groups excluding tert-OH is 1. The van der Waals surface area contributed by atoms with Gasteiger partial charge in [-0.2, -0.15) is 0 Å². The Kier molecular flexibility index (Phi) is 1.89. The maximum absolute atomic E-state index is 9.62. The standard InChI is InChI=1S/C11H14O/c1-8-10-5-3-2-4-9(10)6-7-11(8)12/h2-5,8,11-12H,6-7H2,1H3. The van der Waals surface area contributed by atoms with Gasteiger partial charge in [-0.1, -0.05) is 31.2 Å².